The van der Waals surface area contributed by atoms with E-state index in [1.807, 2.05) is 43.3 Å². The molecule has 0 fully saturated rings. The predicted octanol–water partition coefficient (Wildman–Crippen LogP) is 5.08. The lowest BCUT2D eigenvalue weighted by Gasteiger charge is -2.16. The van der Waals surface area contributed by atoms with Gasteiger partial charge in [0.05, 0.1) is 22.8 Å². The Morgan fingerprint density at radius 2 is 2.04 bits per heavy atom. The van der Waals surface area contributed by atoms with Crippen LogP contribution in [0.3, 0.4) is 0 Å². The number of hydrogen-bond donors (Lipinski definition) is 1. The molecule has 136 valence electrons. The molecule has 1 amide bonds. The summed E-state index contributed by atoms with van der Waals surface area (Å²) in [6.45, 7) is 1.93. The van der Waals surface area contributed by atoms with Crippen LogP contribution < -0.4 is 5.32 Å². The quantitative estimate of drug-likeness (QED) is 0.708. The van der Waals surface area contributed by atoms with Crippen molar-refractivity contribution in [3.05, 3.63) is 77.8 Å². The molecule has 1 N–H and O–H groups in total. The van der Waals surface area contributed by atoms with Crippen LogP contribution in [-0.2, 0) is 0 Å². The van der Waals surface area contributed by atoms with E-state index in [-0.39, 0.29) is 11.9 Å². The van der Waals surface area contributed by atoms with Crippen LogP contribution in [0.4, 0.5) is 0 Å². The Balaban J connectivity index is 1.60. The molecular weight excluding hydrogens is 334 g/mol. The first-order valence-corrected chi connectivity index (χ1v) is 9.52. The molecule has 1 aliphatic rings. The van der Waals surface area contributed by atoms with Gasteiger partial charge in [0.25, 0.3) is 5.91 Å². The number of carbonyl (C=O) groups excluding carboxylic acids is 1. The van der Waals surface area contributed by atoms with Crippen molar-refractivity contribution in [3.8, 4) is 0 Å². The maximum Gasteiger partial charge on any atom is 0.253 e. The molecule has 0 saturated heterocycles. The van der Waals surface area contributed by atoms with Gasteiger partial charge in [-0.2, -0.15) is 0 Å². The van der Waals surface area contributed by atoms with Crippen LogP contribution in [0.25, 0.3) is 16.5 Å². The summed E-state index contributed by atoms with van der Waals surface area (Å²) in [5.74, 6) is -0.134. The Kier molecular flexibility index (Phi) is 4.97. The van der Waals surface area contributed by atoms with E-state index in [0.717, 1.165) is 29.4 Å². The number of allylic oxidation sites excluding steroid dienone is 2. The zero-order chi connectivity index (χ0) is 18.6. The Morgan fingerprint density at radius 3 is 2.81 bits per heavy atom. The molecule has 2 aromatic heterocycles. The van der Waals surface area contributed by atoms with Crippen molar-refractivity contribution >= 4 is 22.4 Å². The average Bonchev–Trinajstić information content (AvgIpc) is 2.74. The molecule has 1 aliphatic carbocycles. The number of aromatic nitrogens is 2. The lowest BCUT2D eigenvalue weighted by molar-refractivity contribution is 0.0939. The van der Waals surface area contributed by atoms with Crippen LogP contribution in [0.2, 0.25) is 0 Å². The van der Waals surface area contributed by atoms with Gasteiger partial charge in [0, 0.05) is 23.3 Å². The van der Waals surface area contributed by atoms with E-state index in [1.165, 1.54) is 24.0 Å². The Bertz CT molecular complexity index is 995. The van der Waals surface area contributed by atoms with Crippen molar-refractivity contribution in [2.24, 2.45) is 0 Å². The topological polar surface area (TPSA) is 54.9 Å². The summed E-state index contributed by atoms with van der Waals surface area (Å²) < 4.78 is 0. The number of para-hydroxylation sites is 1. The summed E-state index contributed by atoms with van der Waals surface area (Å²) in [5.41, 5.74) is 4.95. The summed E-state index contributed by atoms with van der Waals surface area (Å²) >= 11 is 0. The molecule has 1 atom stereocenters. The molecule has 4 heteroatoms. The molecule has 4 rings (SSSR count). The SMILES string of the molecule is C[C@H](NC(=O)c1cnc2c(C3=CCCCC3)cccc2c1)c1ccccn1. The van der Waals surface area contributed by atoms with E-state index in [0.29, 0.717) is 5.56 Å². The normalized spacial score (nSPS) is 15.2. The van der Waals surface area contributed by atoms with Gasteiger partial charge in [-0.25, -0.2) is 0 Å². The van der Waals surface area contributed by atoms with Crippen LogP contribution in [0.1, 0.15) is 60.3 Å². The lowest BCUT2D eigenvalue weighted by Crippen LogP contribution is -2.27. The van der Waals surface area contributed by atoms with E-state index in [9.17, 15) is 4.79 Å². The van der Waals surface area contributed by atoms with E-state index >= 15 is 0 Å². The third-order valence-electron chi connectivity index (χ3n) is 5.09. The molecule has 3 aromatic rings. The fourth-order valence-electron chi connectivity index (χ4n) is 3.61. The molecule has 0 spiro atoms. The van der Waals surface area contributed by atoms with Crippen molar-refractivity contribution in [2.45, 2.75) is 38.6 Å². The molecule has 27 heavy (non-hydrogen) atoms. The molecule has 0 aliphatic heterocycles. The van der Waals surface area contributed by atoms with Gasteiger partial charge in [0.15, 0.2) is 0 Å². The third-order valence-corrected chi connectivity index (χ3v) is 5.09. The number of carbonyl (C=O) groups is 1. The second-order valence-corrected chi connectivity index (χ2v) is 7.03. The van der Waals surface area contributed by atoms with Crippen molar-refractivity contribution in [1.29, 1.82) is 0 Å². The number of fused-ring (bicyclic) bond motifs is 1. The molecule has 4 nitrogen and oxygen atoms in total. The molecule has 0 unspecified atom stereocenters. The van der Waals surface area contributed by atoms with Gasteiger partial charge in [-0.05, 0) is 56.4 Å². The zero-order valence-electron chi connectivity index (χ0n) is 15.5. The minimum Gasteiger partial charge on any atom is -0.344 e. The molecular formula is C23H23N3O. The van der Waals surface area contributed by atoms with E-state index in [2.05, 4.69) is 27.4 Å². The smallest absolute Gasteiger partial charge is 0.253 e. The molecule has 1 aromatic carbocycles. The Labute approximate surface area is 159 Å². The second-order valence-electron chi connectivity index (χ2n) is 7.03. The van der Waals surface area contributed by atoms with Crippen LogP contribution in [0.5, 0.6) is 0 Å². The van der Waals surface area contributed by atoms with Crippen molar-refractivity contribution in [2.75, 3.05) is 0 Å². The molecule has 0 saturated carbocycles. The van der Waals surface area contributed by atoms with Crippen LogP contribution in [0.15, 0.2) is 60.9 Å². The van der Waals surface area contributed by atoms with Crippen molar-refractivity contribution in [3.63, 3.8) is 0 Å². The average molecular weight is 357 g/mol. The van der Waals surface area contributed by atoms with Gasteiger partial charge in [-0.15, -0.1) is 0 Å². The largest absolute Gasteiger partial charge is 0.344 e. The van der Waals surface area contributed by atoms with Crippen LogP contribution >= 0.6 is 0 Å². The van der Waals surface area contributed by atoms with E-state index in [1.54, 1.807) is 12.4 Å². The first-order chi connectivity index (χ1) is 13.2. The number of hydrogen-bond acceptors (Lipinski definition) is 3. The van der Waals surface area contributed by atoms with Gasteiger partial charge >= 0.3 is 0 Å². The third kappa shape index (κ3) is 3.75. The summed E-state index contributed by atoms with van der Waals surface area (Å²) in [6, 6.07) is 13.7. The van der Waals surface area contributed by atoms with Gasteiger partial charge in [-0.3, -0.25) is 14.8 Å². The standard InChI is InChI=1S/C23H23N3O/c1-16(21-12-5-6-13-24-21)26-23(27)19-14-18-10-7-11-20(22(18)25-15-19)17-8-3-2-4-9-17/h5-8,10-16H,2-4,9H2,1H3,(H,26,27)/t16-/m0/s1. The molecule has 2 heterocycles. The maximum absolute atomic E-state index is 12.7. The summed E-state index contributed by atoms with van der Waals surface area (Å²) in [4.78, 5) is 21.6. The summed E-state index contributed by atoms with van der Waals surface area (Å²) in [6.07, 6.45) is 10.5. The fraction of sp³-hybridized carbons (Fsp3) is 0.261. The highest BCUT2D eigenvalue weighted by Gasteiger charge is 2.15. The summed E-state index contributed by atoms with van der Waals surface area (Å²) in [5, 5.41) is 4.00. The number of nitrogens with zero attached hydrogens (tertiary/aromatic N) is 2. The monoisotopic (exact) mass is 357 g/mol. The van der Waals surface area contributed by atoms with Crippen LogP contribution in [-0.4, -0.2) is 15.9 Å². The number of amides is 1. The lowest BCUT2D eigenvalue weighted by atomic mass is 9.92. The van der Waals surface area contributed by atoms with Crippen molar-refractivity contribution in [1.82, 2.24) is 15.3 Å². The number of pyridine rings is 2. The minimum atomic E-state index is -0.159. The number of rotatable bonds is 4. The molecule has 0 bridgehead atoms. The summed E-state index contributed by atoms with van der Waals surface area (Å²) in [7, 11) is 0. The second kappa shape index (κ2) is 7.70. The Morgan fingerprint density at radius 1 is 1.11 bits per heavy atom. The van der Waals surface area contributed by atoms with Gasteiger partial charge in [0.2, 0.25) is 0 Å². The zero-order valence-corrected chi connectivity index (χ0v) is 15.5. The maximum atomic E-state index is 12.7. The minimum absolute atomic E-state index is 0.134. The van der Waals surface area contributed by atoms with E-state index < -0.39 is 0 Å². The molecule has 0 radical (unpaired) electrons. The predicted molar refractivity (Wildman–Crippen MR) is 108 cm³/mol. The van der Waals surface area contributed by atoms with Crippen LogP contribution in [0, 0.1) is 0 Å². The number of nitrogens with one attached hydrogen (secondary N) is 1. The first-order valence-electron chi connectivity index (χ1n) is 9.52. The van der Waals surface area contributed by atoms with Gasteiger partial charge < -0.3 is 5.32 Å². The Hall–Kier alpha value is -3.01. The van der Waals surface area contributed by atoms with Gasteiger partial charge in [-0.1, -0.05) is 30.3 Å². The highest BCUT2D eigenvalue weighted by molar-refractivity contribution is 5.99. The highest BCUT2D eigenvalue weighted by Crippen LogP contribution is 2.31. The van der Waals surface area contributed by atoms with Gasteiger partial charge in [0.1, 0.15) is 0 Å². The first kappa shape index (κ1) is 17.4. The van der Waals surface area contributed by atoms with E-state index in [4.69, 9.17) is 0 Å². The highest BCUT2D eigenvalue weighted by atomic mass is 16.1. The number of benzene rings is 1. The van der Waals surface area contributed by atoms with Crippen molar-refractivity contribution < 1.29 is 4.79 Å². The fourth-order valence-corrected chi connectivity index (χ4v) is 3.61.